The Morgan fingerprint density at radius 1 is 0.179 bits per heavy atom. The minimum atomic E-state index is -0.653. The van der Waals surface area contributed by atoms with Crippen molar-refractivity contribution in [2.75, 3.05) is 9.80 Å². The van der Waals surface area contributed by atoms with Crippen LogP contribution in [0.2, 0.25) is 0 Å². The standard InChI is InChI=1S/C76H52N2/c1-9-25-57(26-10-1)75(58-27-11-2-12-28-58)71-49-55-45-65(77(61-33-17-5-18-34-61)62-35-19-6-20-36-62)43-41-53(55)47-67(71)69-52-74-70(51-73(69)75)68-48-54-42-44-66(78(63-37-21-7-22-38-63)64-39-23-8-24-40-64)46-56(54)50-72(68)76(74,59-29-13-3-14-30-59)60-31-15-4-16-32-60/h1-52H. The first kappa shape index (κ1) is 45.4. The molecule has 0 saturated heterocycles. The third kappa shape index (κ3) is 6.97. The van der Waals surface area contributed by atoms with E-state index in [0.29, 0.717) is 0 Å². The van der Waals surface area contributed by atoms with Crippen molar-refractivity contribution in [3.63, 3.8) is 0 Å². The maximum absolute atomic E-state index is 2.60. The molecule has 0 unspecified atom stereocenters. The van der Waals surface area contributed by atoms with E-state index >= 15 is 0 Å². The molecule has 15 rings (SSSR count). The van der Waals surface area contributed by atoms with E-state index in [4.69, 9.17) is 0 Å². The number of hydrogen-bond acceptors (Lipinski definition) is 2. The van der Waals surface area contributed by atoms with Gasteiger partial charge in [0.1, 0.15) is 0 Å². The van der Waals surface area contributed by atoms with Gasteiger partial charge in [0.05, 0.1) is 10.8 Å². The van der Waals surface area contributed by atoms with Crippen LogP contribution in [0.15, 0.2) is 315 Å². The van der Waals surface area contributed by atoms with Gasteiger partial charge in [0, 0.05) is 34.1 Å². The highest BCUT2D eigenvalue weighted by Gasteiger charge is 2.51. The Labute approximate surface area is 456 Å². The summed E-state index contributed by atoms with van der Waals surface area (Å²) in [5.41, 5.74) is 20.5. The lowest BCUT2D eigenvalue weighted by molar-refractivity contribution is 0.760. The molecular formula is C76H52N2. The fourth-order valence-corrected chi connectivity index (χ4v) is 13.4. The number of fused-ring (bicyclic) bond motifs is 8. The summed E-state index contributed by atoms with van der Waals surface area (Å²) in [6.45, 7) is 0. The fraction of sp³-hybridized carbons (Fsp3) is 0.0263. The molecule has 0 aromatic heterocycles. The molecule has 2 heteroatoms. The molecular weight excluding hydrogens is 941 g/mol. The monoisotopic (exact) mass is 992 g/mol. The molecule has 0 heterocycles. The van der Waals surface area contributed by atoms with Gasteiger partial charge in [-0.1, -0.05) is 206 Å². The molecule has 13 aromatic rings. The van der Waals surface area contributed by atoms with Crippen LogP contribution in [0.25, 0.3) is 43.8 Å². The van der Waals surface area contributed by atoms with Crippen LogP contribution in [0.1, 0.15) is 44.5 Å². The van der Waals surface area contributed by atoms with Gasteiger partial charge in [0.15, 0.2) is 0 Å². The van der Waals surface area contributed by atoms with Crippen molar-refractivity contribution in [1.29, 1.82) is 0 Å². The van der Waals surface area contributed by atoms with Crippen molar-refractivity contribution in [2.45, 2.75) is 10.8 Å². The van der Waals surface area contributed by atoms with E-state index in [1.165, 1.54) is 88.3 Å². The fourth-order valence-electron chi connectivity index (χ4n) is 13.4. The van der Waals surface area contributed by atoms with Gasteiger partial charge in [0.2, 0.25) is 0 Å². The second-order valence-corrected chi connectivity index (χ2v) is 20.8. The topological polar surface area (TPSA) is 6.48 Å². The lowest BCUT2D eigenvalue weighted by Gasteiger charge is -2.35. The predicted molar refractivity (Wildman–Crippen MR) is 325 cm³/mol. The average Bonchev–Trinajstić information content (AvgIpc) is 4.10. The summed E-state index contributed by atoms with van der Waals surface area (Å²) in [5, 5.41) is 4.78. The molecule has 0 N–H and O–H groups in total. The first-order chi connectivity index (χ1) is 38.7. The number of para-hydroxylation sites is 4. The summed E-state index contributed by atoms with van der Waals surface area (Å²) in [6.07, 6.45) is 0. The van der Waals surface area contributed by atoms with E-state index in [0.717, 1.165) is 34.1 Å². The van der Waals surface area contributed by atoms with Gasteiger partial charge in [-0.25, -0.2) is 0 Å². The highest BCUT2D eigenvalue weighted by atomic mass is 15.1. The van der Waals surface area contributed by atoms with Crippen LogP contribution in [0.3, 0.4) is 0 Å². The second-order valence-electron chi connectivity index (χ2n) is 20.8. The highest BCUT2D eigenvalue weighted by molar-refractivity contribution is 6.03. The van der Waals surface area contributed by atoms with Gasteiger partial charge < -0.3 is 9.80 Å². The van der Waals surface area contributed by atoms with E-state index < -0.39 is 10.8 Å². The number of hydrogen-bond donors (Lipinski definition) is 0. The van der Waals surface area contributed by atoms with Crippen LogP contribution in [-0.2, 0) is 10.8 Å². The molecule has 0 radical (unpaired) electrons. The van der Waals surface area contributed by atoms with Gasteiger partial charge in [-0.05, 0) is 198 Å². The van der Waals surface area contributed by atoms with Gasteiger partial charge in [-0.15, -0.1) is 0 Å². The molecule has 0 saturated carbocycles. The van der Waals surface area contributed by atoms with Crippen molar-refractivity contribution in [3.05, 3.63) is 360 Å². The molecule has 2 aliphatic carbocycles. The normalized spacial score (nSPS) is 13.3. The van der Waals surface area contributed by atoms with Crippen molar-refractivity contribution in [2.24, 2.45) is 0 Å². The zero-order valence-corrected chi connectivity index (χ0v) is 42.9. The molecule has 0 fully saturated rings. The lowest BCUT2D eigenvalue weighted by Crippen LogP contribution is -2.30. The minimum absolute atomic E-state index is 0.653. The zero-order valence-electron chi connectivity index (χ0n) is 42.9. The molecule has 13 aromatic carbocycles. The largest absolute Gasteiger partial charge is 0.310 e. The smallest absolute Gasteiger partial charge is 0.0714 e. The molecule has 0 spiro atoms. The Morgan fingerprint density at radius 3 is 0.705 bits per heavy atom. The van der Waals surface area contributed by atoms with Crippen LogP contribution < -0.4 is 9.80 Å². The van der Waals surface area contributed by atoms with E-state index in [1.54, 1.807) is 0 Å². The quantitative estimate of drug-likeness (QED) is 0.135. The SMILES string of the molecule is c1ccc(N(c2ccccc2)c2ccc3cc4c(cc3c2)C(c2ccccc2)(c2ccccc2)c2cc3c(cc2-4)C(c2ccccc2)(c2ccccc2)c2cc4cc(N(c5ccccc5)c5ccccc5)ccc4cc2-3)cc1. The Bertz CT molecular complexity index is 3890. The van der Waals surface area contributed by atoms with Gasteiger partial charge in [-0.3, -0.25) is 0 Å². The van der Waals surface area contributed by atoms with Crippen LogP contribution in [0.5, 0.6) is 0 Å². The maximum atomic E-state index is 2.60. The van der Waals surface area contributed by atoms with Crippen molar-refractivity contribution in [1.82, 2.24) is 0 Å². The molecule has 78 heavy (non-hydrogen) atoms. The van der Waals surface area contributed by atoms with Crippen LogP contribution >= 0.6 is 0 Å². The summed E-state index contributed by atoms with van der Waals surface area (Å²) in [7, 11) is 0. The second kappa shape index (κ2) is 18.4. The van der Waals surface area contributed by atoms with Crippen LogP contribution in [0.4, 0.5) is 34.1 Å². The minimum Gasteiger partial charge on any atom is -0.310 e. The summed E-state index contributed by atoms with van der Waals surface area (Å²) in [5.74, 6) is 0. The third-order valence-electron chi connectivity index (χ3n) is 16.7. The number of anilines is 6. The molecule has 0 bridgehead atoms. The molecule has 2 nitrogen and oxygen atoms in total. The Balaban J connectivity index is 1.02. The number of nitrogens with zero attached hydrogens (tertiary/aromatic N) is 2. The Hall–Kier alpha value is -10.0. The summed E-state index contributed by atoms with van der Waals surface area (Å²) < 4.78 is 0. The Kier molecular flexibility index (Phi) is 10.7. The summed E-state index contributed by atoms with van der Waals surface area (Å²) in [6, 6.07) is 117. The summed E-state index contributed by atoms with van der Waals surface area (Å²) in [4.78, 5) is 4.73. The number of benzene rings is 13. The molecule has 2 aliphatic rings. The zero-order chi connectivity index (χ0) is 51.6. The van der Waals surface area contributed by atoms with Crippen molar-refractivity contribution in [3.8, 4) is 22.3 Å². The highest BCUT2D eigenvalue weighted by Crippen LogP contribution is 2.63. The van der Waals surface area contributed by atoms with Crippen LogP contribution in [-0.4, -0.2) is 0 Å². The van der Waals surface area contributed by atoms with Crippen LogP contribution in [0, 0.1) is 0 Å². The Morgan fingerprint density at radius 2 is 0.423 bits per heavy atom. The average molecular weight is 993 g/mol. The van der Waals surface area contributed by atoms with E-state index in [-0.39, 0.29) is 0 Å². The molecule has 0 amide bonds. The first-order valence-corrected chi connectivity index (χ1v) is 27.1. The summed E-state index contributed by atoms with van der Waals surface area (Å²) >= 11 is 0. The van der Waals surface area contributed by atoms with Gasteiger partial charge in [0.25, 0.3) is 0 Å². The van der Waals surface area contributed by atoms with E-state index in [9.17, 15) is 0 Å². The van der Waals surface area contributed by atoms with E-state index in [2.05, 4.69) is 325 Å². The first-order valence-electron chi connectivity index (χ1n) is 27.1. The molecule has 0 aliphatic heterocycles. The van der Waals surface area contributed by atoms with E-state index in [1.807, 2.05) is 0 Å². The molecule has 0 atom stereocenters. The number of rotatable bonds is 10. The third-order valence-corrected chi connectivity index (χ3v) is 16.7. The maximum Gasteiger partial charge on any atom is 0.0714 e. The van der Waals surface area contributed by atoms with Crippen molar-refractivity contribution >= 4 is 55.7 Å². The van der Waals surface area contributed by atoms with Crippen molar-refractivity contribution < 1.29 is 0 Å². The lowest BCUT2D eigenvalue weighted by atomic mass is 9.66. The van der Waals surface area contributed by atoms with Gasteiger partial charge >= 0.3 is 0 Å². The predicted octanol–water partition coefficient (Wildman–Crippen LogP) is 19.7. The molecule has 366 valence electrons. The van der Waals surface area contributed by atoms with Gasteiger partial charge in [-0.2, -0.15) is 0 Å².